The van der Waals surface area contributed by atoms with Crippen LogP contribution in [0.25, 0.3) is 0 Å². The molecule has 6 atom stereocenters. The summed E-state index contributed by atoms with van der Waals surface area (Å²) in [4.78, 5) is 11.3. The molecule has 2 aliphatic carbocycles. The Labute approximate surface area is 165 Å². The Hall–Kier alpha value is -1.35. The summed E-state index contributed by atoms with van der Waals surface area (Å²) in [5.74, 6) is 1.19. The van der Waals surface area contributed by atoms with Crippen molar-refractivity contribution in [3.05, 3.63) is 18.1 Å². The molecule has 2 aliphatic heterocycles. The lowest BCUT2D eigenvalue weighted by Crippen LogP contribution is -2.45. The van der Waals surface area contributed by atoms with E-state index in [0.717, 1.165) is 37.4 Å². The van der Waals surface area contributed by atoms with Crippen molar-refractivity contribution in [3.8, 4) is 0 Å². The molecule has 2 N–H and O–H groups in total. The van der Waals surface area contributed by atoms with Crippen LogP contribution < -0.4 is 15.8 Å². The fourth-order valence-corrected chi connectivity index (χ4v) is 4.79. The zero-order chi connectivity index (χ0) is 19.3. The number of fused-ring (bicyclic) bond motifs is 1. The van der Waals surface area contributed by atoms with E-state index in [1.165, 1.54) is 0 Å². The van der Waals surface area contributed by atoms with Gasteiger partial charge in [-0.25, -0.2) is 19.8 Å². The van der Waals surface area contributed by atoms with Crippen molar-refractivity contribution in [2.45, 2.75) is 75.6 Å². The molecule has 0 spiro atoms. The van der Waals surface area contributed by atoms with Crippen LogP contribution in [0.2, 0.25) is 0 Å². The monoisotopic (exact) mass is 391 g/mol. The number of hydrogen-bond donors (Lipinski definition) is 2. The molecule has 0 amide bonds. The van der Waals surface area contributed by atoms with E-state index in [1.54, 1.807) is 6.33 Å². The minimum Gasteiger partial charge on any atom is -0.375 e. The summed E-state index contributed by atoms with van der Waals surface area (Å²) in [7, 11) is 0. The largest absolute Gasteiger partial charge is 0.375 e. The van der Waals surface area contributed by atoms with E-state index < -0.39 is 6.17 Å². The van der Waals surface area contributed by atoms with Gasteiger partial charge in [-0.3, -0.25) is 5.43 Å². The molecule has 7 nitrogen and oxygen atoms in total. The first-order chi connectivity index (χ1) is 13.5. The maximum atomic E-state index is 14.7. The Morgan fingerprint density at radius 1 is 1.29 bits per heavy atom. The molecule has 0 radical (unpaired) electrons. The summed E-state index contributed by atoms with van der Waals surface area (Å²) in [6.45, 7) is 6.55. The van der Waals surface area contributed by atoms with Crippen LogP contribution in [0.15, 0.2) is 12.4 Å². The number of rotatable bonds is 4. The molecule has 5 rings (SSSR count). The van der Waals surface area contributed by atoms with E-state index in [-0.39, 0.29) is 35.8 Å². The van der Waals surface area contributed by atoms with Crippen molar-refractivity contribution >= 4 is 5.82 Å². The van der Waals surface area contributed by atoms with Gasteiger partial charge in [-0.2, -0.15) is 0 Å². The molecule has 0 bridgehead atoms. The van der Waals surface area contributed by atoms with E-state index in [0.29, 0.717) is 19.4 Å². The van der Waals surface area contributed by atoms with Gasteiger partial charge in [0.1, 0.15) is 18.3 Å². The lowest BCUT2D eigenvalue weighted by atomic mass is 9.78. The molecule has 154 valence electrons. The van der Waals surface area contributed by atoms with Crippen LogP contribution in [0.5, 0.6) is 0 Å². The van der Waals surface area contributed by atoms with Gasteiger partial charge in [0.25, 0.3) is 0 Å². The van der Waals surface area contributed by atoms with E-state index >= 15 is 0 Å². The number of alkyl halides is 1. The number of anilines is 1. The second kappa shape index (κ2) is 7.16. The van der Waals surface area contributed by atoms with Crippen LogP contribution in [0.1, 0.15) is 51.3 Å². The highest BCUT2D eigenvalue weighted by molar-refractivity contribution is 5.40. The number of nitrogens with zero attached hydrogens (tertiary/aromatic N) is 3. The van der Waals surface area contributed by atoms with Crippen molar-refractivity contribution in [1.29, 1.82) is 0 Å². The van der Waals surface area contributed by atoms with Crippen molar-refractivity contribution in [3.63, 3.8) is 0 Å². The minimum absolute atomic E-state index is 0.0378. The van der Waals surface area contributed by atoms with Gasteiger partial charge in [-0.05, 0) is 39.5 Å². The molecular formula is C20H30FN5O2. The standard InChI is InChI=1S/C20H30FN5O2/c1-12-10-26(5-6-27-12)18-9-16(22-11-23-18)19-13-7-17(28-20(2)3-4-20)14(21)8-15(13)24-25-19/h9,11-15,17,19,24-25H,3-8,10H2,1-2H3/t12-,13?,14?,15?,17?,19?/m1/s1. The molecular weight excluding hydrogens is 361 g/mol. The fourth-order valence-electron chi connectivity index (χ4n) is 4.79. The first-order valence-electron chi connectivity index (χ1n) is 10.5. The molecule has 2 saturated heterocycles. The number of ether oxygens (including phenoxy) is 2. The predicted molar refractivity (Wildman–Crippen MR) is 103 cm³/mol. The van der Waals surface area contributed by atoms with E-state index in [4.69, 9.17) is 9.47 Å². The lowest BCUT2D eigenvalue weighted by Gasteiger charge is -2.37. The summed E-state index contributed by atoms with van der Waals surface area (Å²) in [5, 5.41) is 0. The summed E-state index contributed by atoms with van der Waals surface area (Å²) >= 11 is 0. The van der Waals surface area contributed by atoms with Crippen LogP contribution in [0.4, 0.5) is 10.2 Å². The number of morpholine rings is 1. The Morgan fingerprint density at radius 2 is 2.14 bits per heavy atom. The Balaban J connectivity index is 1.33. The predicted octanol–water partition coefficient (Wildman–Crippen LogP) is 1.90. The third-order valence-electron chi connectivity index (χ3n) is 6.70. The first-order valence-corrected chi connectivity index (χ1v) is 10.5. The third-order valence-corrected chi connectivity index (χ3v) is 6.70. The van der Waals surface area contributed by atoms with Gasteiger partial charge in [0.15, 0.2) is 0 Å². The molecule has 4 fully saturated rings. The van der Waals surface area contributed by atoms with Crippen molar-refractivity contribution in [2.75, 3.05) is 24.6 Å². The van der Waals surface area contributed by atoms with Crippen LogP contribution in [-0.4, -0.2) is 59.7 Å². The molecule has 5 unspecified atom stereocenters. The van der Waals surface area contributed by atoms with Crippen LogP contribution in [0, 0.1) is 5.92 Å². The summed E-state index contributed by atoms with van der Waals surface area (Å²) in [6, 6.07) is 2.21. The molecule has 4 aliphatic rings. The Morgan fingerprint density at radius 3 is 2.93 bits per heavy atom. The number of hydrazine groups is 1. The summed E-state index contributed by atoms with van der Waals surface area (Å²) in [6.07, 6.45) is 3.87. The average Bonchev–Trinajstić information content (AvgIpc) is 3.27. The maximum absolute atomic E-state index is 14.7. The molecule has 1 aromatic heterocycles. The van der Waals surface area contributed by atoms with Crippen molar-refractivity contribution in [2.24, 2.45) is 5.92 Å². The lowest BCUT2D eigenvalue weighted by molar-refractivity contribution is -0.0886. The second-order valence-corrected chi connectivity index (χ2v) is 9.06. The van der Waals surface area contributed by atoms with Crippen LogP contribution >= 0.6 is 0 Å². The smallest absolute Gasteiger partial charge is 0.132 e. The highest BCUT2D eigenvalue weighted by atomic mass is 19.1. The van der Waals surface area contributed by atoms with E-state index in [2.05, 4.69) is 45.6 Å². The van der Waals surface area contributed by atoms with Gasteiger partial charge in [-0.1, -0.05) is 0 Å². The molecule has 0 aromatic carbocycles. The third kappa shape index (κ3) is 3.63. The van der Waals surface area contributed by atoms with Gasteiger partial charge in [-0.15, -0.1) is 0 Å². The number of halogens is 1. The van der Waals surface area contributed by atoms with Crippen molar-refractivity contribution in [1.82, 2.24) is 20.8 Å². The normalized spacial score (nSPS) is 39.6. The molecule has 8 heteroatoms. The number of aromatic nitrogens is 2. The van der Waals surface area contributed by atoms with Crippen LogP contribution in [-0.2, 0) is 9.47 Å². The van der Waals surface area contributed by atoms with Crippen LogP contribution in [0.3, 0.4) is 0 Å². The van der Waals surface area contributed by atoms with Gasteiger partial charge in [0.2, 0.25) is 0 Å². The van der Waals surface area contributed by atoms with E-state index in [9.17, 15) is 4.39 Å². The fraction of sp³-hybridized carbons (Fsp3) is 0.800. The van der Waals surface area contributed by atoms with Crippen molar-refractivity contribution < 1.29 is 13.9 Å². The SMILES string of the molecule is C[C@@H]1CN(c2cc(C3NNC4CC(F)C(OC5(C)CC5)CC43)ncn2)CCO1. The van der Waals surface area contributed by atoms with Gasteiger partial charge in [0.05, 0.1) is 36.2 Å². The minimum atomic E-state index is -0.914. The molecule has 2 saturated carbocycles. The zero-order valence-corrected chi connectivity index (χ0v) is 16.6. The first kappa shape index (κ1) is 18.7. The quantitative estimate of drug-likeness (QED) is 0.812. The molecule has 28 heavy (non-hydrogen) atoms. The highest BCUT2D eigenvalue weighted by Crippen LogP contribution is 2.45. The second-order valence-electron chi connectivity index (χ2n) is 9.06. The van der Waals surface area contributed by atoms with Gasteiger partial charge < -0.3 is 14.4 Å². The highest BCUT2D eigenvalue weighted by Gasteiger charge is 2.50. The number of hydrogen-bond acceptors (Lipinski definition) is 7. The molecule has 1 aromatic rings. The Kier molecular flexibility index (Phi) is 4.77. The van der Waals surface area contributed by atoms with Gasteiger partial charge >= 0.3 is 0 Å². The molecule has 3 heterocycles. The Bertz CT molecular complexity index is 718. The number of nitrogens with one attached hydrogen (secondary N) is 2. The maximum Gasteiger partial charge on any atom is 0.132 e. The summed E-state index contributed by atoms with van der Waals surface area (Å²) in [5.41, 5.74) is 7.52. The van der Waals surface area contributed by atoms with Gasteiger partial charge in [0, 0.05) is 31.1 Å². The topological polar surface area (TPSA) is 71.5 Å². The van der Waals surface area contributed by atoms with E-state index in [1.807, 2.05) is 0 Å². The average molecular weight is 391 g/mol. The zero-order valence-electron chi connectivity index (χ0n) is 16.6. The summed E-state index contributed by atoms with van der Waals surface area (Å²) < 4.78 is 26.5.